The molecule has 0 saturated carbocycles. The highest BCUT2D eigenvalue weighted by Gasteiger charge is 2.10. The van der Waals surface area contributed by atoms with E-state index in [1.165, 1.54) is 12.3 Å². The second kappa shape index (κ2) is 5.70. The summed E-state index contributed by atoms with van der Waals surface area (Å²) < 4.78 is 14.2. The van der Waals surface area contributed by atoms with Crippen LogP contribution in [0.5, 0.6) is 0 Å². The monoisotopic (exact) mass is 322 g/mol. The van der Waals surface area contributed by atoms with Crippen LogP contribution >= 0.6 is 15.9 Å². The molecule has 0 saturated heterocycles. The molecule has 0 radical (unpaired) electrons. The van der Waals surface area contributed by atoms with Crippen LogP contribution < -0.4 is 5.32 Å². The summed E-state index contributed by atoms with van der Waals surface area (Å²) in [7, 11) is 0. The van der Waals surface area contributed by atoms with Crippen LogP contribution in [0.25, 0.3) is 0 Å². The van der Waals surface area contributed by atoms with Gasteiger partial charge in [-0.3, -0.25) is 4.98 Å². The smallest absolute Gasteiger partial charge is 0.141 e. The fourth-order valence-corrected chi connectivity index (χ4v) is 2.79. The summed E-state index contributed by atoms with van der Waals surface area (Å²) >= 11 is 3.48. The van der Waals surface area contributed by atoms with E-state index < -0.39 is 0 Å². The van der Waals surface area contributed by atoms with Gasteiger partial charge in [-0.15, -0.1) is 0 Å². The fraction of sp³-hybridized carbons (Fsp3) is 0.267. The van der Waals surface area contributed by atoms with Crippen LogP contribution in [-0.4, -0.2) is 4.98 Å². The van der Waals surface area contributed by atoms with Crippen molar-refractivity contribution in [3.63, 3.8) is 0 Å². The van der Waals surface area contributed by atoms with Gasteiger partial charge in [-0.05, 0) is 55.7 Å². The Bertz CT molecular complexity index is 575. The van der Waals surface area contributed by atoms with Gasteiger partial charge in [0.15, 0.2) is 0 Å². The molecule has 2 rings (SSSR count). The van der Waals surface area contributed by atoms with Crippen LogP contribution in [-0.2, 0) is 0 Å². The number of hydrogen-bond donors (Lipinski definition) is 1. The van der Waals surface area contributed by atoms with Gasteiger partial charge in [0.05, 0.1) is 12.2 Å². The average molecular weight is 323 g/mol. The van der Waals surface area contributed by atoms with Gasteiger partial charge in [-0.2, -0.15) is 0 Å². The Hall–Kier alpha value is -1.42. The summed E-state index contributed by atoms with van der Waals surface area (Å²) in [6.07, 6.45) is 2.90. The van der Waals surface area contributed by atoms with E-state index in [2.05, 4.69) is 52.2 Å². The zero-order valence-electron chi connectivity index (χ0n) is 11.2. The molecule has 1 aromatic heterocycles. The molecule has 1 N–H and O–H groups in total. The summed E-state index contributed by atoms with van der Waals surface area (Å²) in [5.41, 5.74) is 4.23. The first-order valence-electron chi connectivity index (χ1n) is 6.11. The Kier molecular flexibility index (Phi) is 4.20. The van der Waals surface area contributed by atoms with E-state index in [0.29, 0.717) is 0 Å². The minimum atomic E-state index is -0.310. The minimum absolute atomic E-state index is 0.00164. The minimum Gasteiger partial charge on any atom is -0.378 e. The summed E-state index contributed by atoms with van der Waals surface area (Å²) in [5, 5.41) is 3.42. The zero-order valence-corrected chi connectivity index (χ0v) is 12.8. The second-order valence-corrected chi connectivity index (χ2v) is 5.63. The lowest BCUT2D eigenvalue weighted by molar-refractivity contribution is 0.616. The van der Waals surface area contributed by atoms with Gasteiger partial charge in [-0.1, -0.05) is 15.9 Å². The van der Waals surface area contributed by atoms with Crippen molar-refractivity contribution in [3.05, 3.63) is 57.6 Å². The lowest BCUT2D eigenvalue weighted by Crippen LogP contribution is -2.09. The van der Waals surface area contributed by atoms with Crippen molar-refractivity contribution in [2.24, 2.45) is 0 Å². The molecule has 19 heavy (non-hydrogen) atoms. The number of halogens is 2. The Balaban J connectivity index is 2.26. The molecule has 0 bridgehead atoms. The molecule has 4 heteroatoms. The topological polar surface area (TPSA) is 24.9 Å². The lowest BCUT2D eigenvalue weighted by Gasteiger charge is -2.19. The zero-order chi connectivity index (χ0) is 14.0. The predicted molar refractivity (Wildman–Crippen MR) is 79.8 cm³/mol. The number of nitrogens with zero attached hydrogens (tertiary/aromatic N) is 1. The van der Waals surface area contributed by atoms with E-state index in [1.54, 1.807) is 6.20 Å². The first kappa shape index (κ1) is 14.0. The maximum atomic E-state index is 13.2. The number of anilines is 1. The molecular weight excluding hydrogens is 307 g/mol. The van der Waals surface area contributed by atoms with Gasteiger partial charge >= 0.3 is 0 Å². The molecule has 0 aliphatic carbocycles. The summed E-state index contributed by atoms with van der Waals surface area (Å²) in [6.45, 7) is 6.10. The standard InChI is InChI=1S/C15H16BrFN2/c1-9-4-13(16)5-10(2)15(9)19-11(3)12-6-14(17)8-18-7-12/h4-8,11,19H,1-3H3. The Morgan fingerprint density at radius 1 is 1.16 bits per heavy atom. The Labute approximate surface area is 121 Å². The third kappa shape index (κ3) is 3.32. The van der Waals surface area contributed by atoms with Crippen molar-refractivity contribution in [2.75, 3.05) is 5.32 Å². The van der Waals surface area contributed by atoms with Crippen LogP contribution in [0, 0.1) is 19.7 Å². The number of aromatic nitrogens is 1. The van der Waals surface area contributed by atoms with Gasteiger partial charge in [0.25, 0.3) is 0 Å². The molecule has 0 spiro atoms. The molecule has 0 fully saturated rings. The van der Waals surface area contributed by atoms with Crippen LogP contribution in [0.4, 0.5) is 10.1 Å². The average Bonchev–Trinajstić information content (AvgIpc) is 2.33. The summed E-state index contributed by atoms with van der Waals surface area (Å²) in [6, 6.07) is 5.63. The van der Waals surface area contributed by atoms with Gasteiger partial charge in [0.1, 0.15) is 5.82 Å². The molecular formula is C15H16BrFN2. The van der Waals surface area contributed by atoms with Gasteiger partial charge < -0.3 is 5.32 Å². The number of hydrogen-bond acceptors (Lipinski definition) is 2. The van der Waals surface area contributed by atoms with Crippen molar-refractivity contribution in [1.29, 1.82) is 0 Å². The summed E-state index contributed by atoms with van der Waals surface area (Å²) in [4.78, 5) is 3.88. The molecule has 1 aromatic carbocycles. The lowest BCUT2D eigenvalue weighted by atomic mass is 10.1. The van der Waals surface area contributed by atoms with E-state index >= 15 is 0 Å². The van der Waals surface area contributed by atoms with E-state index in [4.69, 9.17) is 0 Å². The Morgan fingerprint density at radius 2 is 1.79 bits per heavy atom. The first-order valence-corrected chi connectivity index (χ1v) is 6.90. The predicted octanol–water partition coefficient (Wildman–Crippen LogP) is 4.77. The van der Waals surface area contributed by atoms with Crippen LogP contribution in [0.3, 0.4) is 0 Å². The molecule has 1 unspecified atom stereocenters. The fourth-order valence-electron chi connectivity index (χ4n) is 2.10. The number of pyridine rings is 1. The third-order valence-corrected chi connectivity index (χ3v) is 3.54. The van der Waals surface area contributed by atoms with Gasteiger partial charge in [0, 0.05) is 16.4 Å². The van der Waals surface area contributed by atoms with Crippen molar-refractivity contribution in [1.82, 2.24) is 4.98 Å². The number of rotatable bonds is 3. The summed E-state index contributed by atoms with van der Waals surface area (Å²) in [5.74, 6) is -0.310. The highest BCUT2D eigenvalue weighted by Crippen LogP contribution is 2.28. The third-order valence-electron chi connectivity index (χ3n) is 3.08. The molecule has 2 aromatic rings. The van der Waals surface area contributed by atoms with E-state index in [1.807, 2.05) is 6.92 Å². The second-order valence-electron chi connectivity index (χ2n) is 4.72. The van der Waals surface area contributed by atoms with E-state index in [9.17, 15) is 4.39 Å². The van der Waals surface area contributed by atoms with Crippen LogP contribution in [0.2, 0.25) is 0 Å². The largest absolute Gasteiger partial charge is 0.378 e. The number of benzene rings is 1. The van der Waals surface area contributed by atoms with E-state index in [-0.39, 0.29) is 11.9 Å². The first-order chi connectivity index (χ1) is 8.97. The molecule has 1 heterocycles. The number of nitrogens with one attached hydrogen (secondary N) is 1. The van der Waals surface area contributed by atoms with Crippen molar-refractivity contribution < 1.29 is 4.39 Å². The molecule has 0 aliphatic rings. The molecule has 100 valence electrons. The Morgan fingerprint density at radius 3 is 2.37 bits per heavy atom. The van der Waals surface area contributed by atoms with Crippen LogP contribution in [0.1, 0.15) is 29.7 Å². The quantitative estimate of drug-likeness (QED) is 0.880. The van der Waals surface area contributed by atoms with Crippen molar-refractivity contribution in [2.45, 2.75) is 26.8 Å². The van der Waals surface area contributed by atoms with Crippen LogP contribution in [0.15, 0.2) is 35.1 Å². The molecule has 0 amide bonds. The molecule has 1 atom stereocenters. The van der Waals surface area contributed by atoms with Crippen molar-refractivity contribution >= 4 is 21.6 Å². The highest BCUT2D eigenvalue weighted by molar-refractivity contribution is 9.10. The highest BCUT2D eigenvalue weighted by atomic mass is 79.9. The number of aryl methyl sites for hydroxylation is 2. The normalized spacial score (nSPS) is 12.3. The SMILES string of the molecule is Cc1cc(Br)cc(C)c1NC(C)c1cncc(F)c1. The van der Waals surface area contributed by atoms with E-state index in [0.717, 1.165) is 26.9 Å². The van der Waals surface area contributed by atoms with Crippen molar-refractivity contribution in [3.8, 4) is 0 Å². The molecule has 2 nitrogen and oxygen atoms in total. The maximum absolute atomic E-state index is 13.2. The molecule has 0 aliphatic heterocycles. The van der Waals surface area contributed by atoms with Gasteiger partial charge in [0.2, 0.25) is 0 Å². The van der Waals surface area contributed by atoms with Gasteiger partial charge in [-0.25, -0.2) is 4.39 Å². The maximum Gasteiger partial charge on any atom is 0.141 e.